The number of thioether (sulfide) groups is 1. The first-order valence-corrected chi connectivity index (χ1v) is 8.49. The summed E-state index contributed by atoms with van der Waals surface area (Å²) < 4.78 is 2.10. The number of aromatic nitrogens is 3. The highest BCUT2D eigenvalue weighted by Crippen LogP contribution is 2.10. The molecule has 0 spiro atoms. The first kappa shape index (κ1) is 15.5. The van der Waals surface area contributed by atoms with Crippen molar-refractivity contribution in [3.8, 4) is 0 Å². The van der Waals surface area contributed by atoms with Gasteiger partial charge in [0.15, 0.2) is 0 Å². The molecule has 0 aliphatic heterocycles. The number of hydrogen-bond donors (Lipinski definition) is 0. The van der Waals surface area contributed by atoms with Crippen molar-refractivity contribution < 1.29 is 0 Å². The first-order chi connectivity index (χ1) is 8.74. The van der Waals surface area contributed by atoms with E-state index in [1.165, 1.54) is 43.6 Å². The molecule has 0 bridgehead atoms. The minimum Gasteiger partial charge on any atom is -0.249 e. The molecule has 0 saturated carbocycles. The molecule has 0 aromatic carbocycles. The second-order valence-corrected chi connectivity index (χ2v) is 6.27. The van der Waals surface area contributed by atoms with Crippen molar-refractivity contribution in [2.75, 3.05) is 12.0 Å². The van der Waals surface area contributed by atoms with Crippen LogP contribution in [-0.2, 0) is 13.0 Å². The largest absolute Gasteiger partial charge is 0.249 e. The van der Waals surface area contributed by atoms with Crippen molar-refractivity contribution >= 4 is 11.8 Å². The molecule has 0 saturated heterocycles. The lowest BCUT2D eigenvalue weighted by molar-refractivity contribution is 0.475. The summed E-state index contributed by atoms with van der Waals surface area (Å²) in [5.74, 6) is 2.07. The Balaban J connectivity index is 2.22. The molecule has 1 aromatic rings. The van der Waals surface area contributed by atoms with E-state index in [4.69, 9.17) is 0 Å². The van der Waals surface area contributed by atoms with E-state index in [0.29, 0.717) is 0 Å². The zero-order chi connectivity index (χ0) is 13.2. The summed E-state index contributed by atoms with van der Waals surface area (Å²) in [6, 6.07) is 0. The van der Waals surface area contributed by atoms with Gasteiger partial charge in [0.25, 0.3) is 0 Å². The van der Waals surface area contributed by atoms with Gasteiger partial charge in [-0.2, -0.15) is 11.8 Å². The summed E-state index contributed by atoms with van der Waals surface area (Å²) in [6.45, 7) is 5.60. The smallest absolute Gasteiger partial charge is 0.0725 e. The Bertz CT molecular complexity index is 310. The van der Waals surface area contributed by atoms with Gasteiger partial charge in [-0.3, -0.25) is 0 Å². The maximum absolute atomic E-state index is 4.19. The third-order valence-corrected chi connectivity index (χ3v) is 3.83. The molecule has 0 aliphatic carbocycles. The predicted octanol–water partition coefficient (Wildman–Crippen LogP) is 3.79. The Morgan fingerprint density at radius 1 is 1.22 bits per heavy atom. The van der Waals surface area contributed by atoms with Gasteiger partial charge < -0.3 is 0 Å². The highest BCUT2D eigenvalue weighted by Gasteiger charge is 2.03. The SMILES string of the molecule is CSCCCCc1cnnn1CCCCC(C)C. The number of nitrogens with zero attached hydrogens (tertiary/aromatic N) is 3. The Morgan fingerprint density at radius 3 is 2.78 bits per heavy atom. The van der Waals surface area contributed by atoms with Crippen LogP contribution in [0.25, 0.3) is 0 Å². The van der Waals surface area contributed by atoms with E-state index in [1.807, 2.05) is 18.0 Å². The lowest BCUT2D eigenvalue weighted by Crippen LogP contribution is -2.06. The molecular formula is C14H27N3S. The van der Waals surface area contributed by atoms with E-state index in [-0.39, 0.29) is 0 Å². The maximum atomic E-state index is 4.19. The van der Waals surface area contributed by atoms with Crippen molar-refractivity contribution in [1.29, 1.82) is 0 Å². The van der Waals surface area contributed by atoms with E-state index < -0.39 is 0 Å². The highest BCUT2D eigenvalue weighted by atomic mass is 32.2. The molecule has 0 unspecified atom stereocenters. The molecule has 0 N–H and O–H groups in total. The molecule has 0 amide bonds. The van der Waals surface area contributed by atoms with Gasteiger partial charge in [-0.1, -0.05) is 31.9 Å². The fraction of sp³-hybridized carbons (Fsp3) is 0.857. The Labute approximate surface area is 116 Å². The van der Waals surface area contributed by atoms with Crippen molar-refractivity contribution in [2.24, 2.45) is 5.92 Å². The van der Waals surface area contributed by atoms with Gasteiger partial charge in [-0.25, -0.2) is 4.68 Å². The molecule has 1 rings (SSSR count). The lowest BCUT2D eigenvalue weighted by atomic mass is 10.1. The number of unbranched alkanes of at least 4 members (excludes halogenated alkanes) is 2. The zero-order valence-electron chi connectivity index (χ0n) is 12.1. The Kier molecular flexibility index (Phi) is 8.14. The molecule has 0 fully saturated rings. The molecule has 3 nitrogen and oxygen atoms in total. The van der Waals surface area contributed by atoms with Crippen LogP contribution in [0.4, 0.5) is 0 Å². The molecule has 0 radical (unpaired) electrons. The van der Waals surface area contributed by atoms with Gasteiger partial charge in [0, 0.05) is 6.54 Å². The van der Waals surface area contributed by atoms with E-state index in [9.17, 15) is 0 Å². The normalized spacial score (nSPS) is 11.3. The van der Waals surface area contributed by atoms with E-state index >= 15 is 0 Å². The van der Waals surface area contributed by atoms with Crippen LogP contribution in [0.5, 0.6) is 0 Å². The molecule has 104 valence electrons. The number of hydrogen-bond acceptors (Lipinski definition) is 3. The van der Waals surface area contributed by atoms with Gasteiger partial charge in [0.2, 0.25) is 0 Å². The van der Waals surface area contributed by atoms with Crippen LogP contribution in [0, 0.1) is 5.92 Å². The Morgan fingerprint density at radius 2 is 2.06 bits per heavy atom. The molecule has 0 aliphatic rings. The van der Waals surface area contributed by atoms with Crippen LogP contribution in [-0.4, -0.2) is 27.0 Å². The van der Waals surface area contributed by atoms with E-state index in [2.05, 4.69) is 35.1 Å². The van der Waals surface area contributed by atoms with E-state index in [0.717, 1.165) is 18.9 Å². The highest BCUT2D eigenvalue weighted by molar-refractivity contribution is 7.98. The van der Waals surface area contributed by atoms with Crippen LogP contribution in [0.2, 0.25) is 0 Å². The van der Waals surface area contributed by atoms with Crippen molar-refractivity contribution in [1.82, 2.24) is 15.0 Å². The summed E-state index contributed by atoms with van der Waals surface area (Å²) in [5, 5.41) is 8.24. The van der Waals surface area contributed by atoms with Crippen molar-refractivity contribution in [3.05, 3.63) is 11.9 Å². The van der Waals surface area contributed by atoms with Gasteiger partial charge in [-0.05, 0) is 43.6 Å². The summed E-state index contributed by atoms with van der Waals surface area (Å²) in [5.41, 5.74) is 1.31. The number of aryl methyl sites for hydroxylation is 2. The van der Waals surface area contributed by atoms with Crippen LogP contribution >= 0.6 is 11.8 Å². The molecule has 1 aromatic heterocycles. The second kappa shape index (κ2) is 9.42. The molecular weight excluding hydrogens is 242 g/mol. The average molecular weight is 269 g/mol. The topological polar surface area (TPSA) is 30.7 Å². The minimum absolute atomic E-state index is 0.812. The molecule has 0 atom stereocenters. The second-order valence-electron chi connectivity index (χ2n) is 5.29. The van der Waals surface area contributed by atoms with Crippen molar-refractivity contribution in [2.45, 2.75) is 58.9 Å². The number of rotatable bonds is 10. The fourth-order valence-corrected chi connectivity index (χ4v) is 2.52. The summed E-state index contributed by atoms with van der Waals surface area (Å²) in [4.78, 5) is 0. The van der Waals surface area contributed by atoms with E-state index in [1.54, 1.807) is 0 Å². The summed E-state index contributed by atoms with van der Waals surface area (Å²) in [7, 11) is 0. The van der Waals surface area contributed by atoms with Crippen LogP contribution in [0.1, 0.15) is 51.6 Å². The predicted molar refractivity (Wildman–Crippen MR) is 80.0 cm³/mol. The van der Waals surface area contributed by atoms with Crippen LogP contribution in [0.15, 0.2) is 6.20 Å². The van der Waals surface area contributed by atoms with Crippen molar-refractivity contribution in [3.63, 3.8) is 0 Å². The minimum atomic E-state index is 0.812. The zero-order valence-corrected chi connectivity index (χ0v) is 12.9. The van der Waals surface area contributed by atoms with Gasteiger partial charge in [-0.15, -0.1) is 5.10 Å². The quantitative estimate of drug-likeness (QED) is 0.605. The Hall–Kier alpha value is -0.510. The molecule has 18 heavy (non-hydrogen) atoms. The van der Waals surface area contributed by atoms with Gasteiger partial charge in [0.05, 0.1) is 11.9 Å². The maximum Gasteiger partial charge on any atom is 0.0725 e. The molecule has 4 heteroatoms. The standard InChI is InChI=1S/C14H27N3S/c1-13(2)8-4-6-10-17-14(12-15-16-17)9-5-7-11-18-3/h12-13H,4-11H2,1-3H3. The third-order valence-electron chi connectivity index (χ3n) is 3.13. The fourth-order valence-electron chi connectivity index (χ4n) is 2.03. The summed E-state index contributed by atoms with van der Waals surface area (Å²) in [6.07, 6.45) is 11.6. The monoisotopic (exact) mass is 269 g/mol. The van der Waals surface area contributed by atoms with Gasteiger partial charge >= 0.3 is 0 Å². The van der Waals surface area contributed by atoms with Gasteiger partial charge in [0.1, 0.15) is 0 Å². The van der Waals surface area contributed by atoms with Crippen LogP contribution < -0.4 is 0 Å². The van der Waals surface area contributed by atoms with Crippen LogP contribution in [0.3, 0.4) is 0 Å². The third kappa shape index (κ3) is 6.43. The molecule has 1 heterocycles. The lowest BCUT2D eigenvalue weighted by Gasteiger charge is -2.07. The first-order valence-electron chi connectivity index (χ1n) is 7.10. The summed E-state index contributed by atoms with van der Waals surface area (Å²) >= 11 is 1.92. The average Bonchev–Trinajstić information content (AvgIpc) is 2.78.